The van der Waals surface area contributed by atoms with Crippen LogP contribution in [0.2, 0.25) is 0 Å². The van der Waals surface area contributed by atoms with Gasteiger partial charge in [-0.1, -0.05) is 12.1 Å². The Balaban J connectivity index is 1.56. The summed E-state index contributed by atoms with van der Waals surface area (Å²) < 4.78 is 7.76. The first-order chi connectivity index (χ1) is 11.7. The van der Waals surface area contributed by atoms with E-state index in [1.165, 1.54) is 22.1 Å². The van der Waals surface area contributed by atoms with Gasteiger partial charge in [-0.2, -0.15) is 5.10 Å². The van der Waals surface area contributed by atoms with Crippen LogP contribution in [0.3, 0.4) is 0 Å². The molecule has 0 saturated carbocycles. The van der Waals surface area contributed by atoms with Gasteiger partial charge in [-0.15, -0.1) is 11.3 Å². The summed E-state index contributed by atoms with van der Waals surface area (Å²) in [5, 5.41) is 7.40. The third-order valence-corrected chi connectivity index (χ3v) is 4.95. The Morgan fingerprint density at radius 1 is 1.25 bits per heavy atom. The first kappa shape index (κ1) is 15.0. The van der Waals surface area contributed by atoms with Crippen LogP contribution in [-0.2, 0) is 4.74 Å². The van der Waals surface area contributed by atoms with Gasteiger partial charge in [0.15, 0.2) is 5.01 Å². The van der Waals surface area contributed by atoms with Crippen LogP contribution in [0.1, 0.15) is 15.8 Å². The molecular weight excluding hydrogens is 328 g/mol. The molecule has 24 heavy (non-hydrogen) atoms. The lowest BCUT2D eigenvalue weighted by Gasteiger charge is -2.19. The number of nitrogens with one attached hydrogen (secondary N) is 1. The summed E-state index contributed by atoms with van der Waals surface area (Å²) >= 11 is 1.34. The number of rotatable bonds is 3. The molecule has 7 nitrogen and oxygen atoms in total. The number of hydrogen-bond acceptors (Lipinski definition) is 6. The Kier molecular flexibility index (Phi) is 3.83. The van der Waals surface area contributed by atoms with E-state index in [1.54, 1.807) is 12.3 Å². The van der Waals surface area contributed by atoms with Crippen molar-refractivity contribution in [1.82, 2.24) is 20.1 Å². The third kappa shape index (κ3) is 2.70. The maximum absolute atomic E-state index is 12.5. The highest BCUT2D eigenvalue weighted by molar-refractivity contribution is 7.20. The molecule has 3 aromatic rings. The van der Waals surface area contributed by atoms with E-state index in [2.05, 4.69) is 15.4 Å². The number of para-hydroxylation sites is 1. The Bertz CT molecular complexity index is 918. The number of nitrogens with zero attached hydrogens (tertiary/aromatic N) is 3. The maximum atomic E-state index is 12.5. The van der Waals surface area contributed by atoms with Crippen molar-refractivity contribution < 1.29 is 9.53 Å². The first-order valence-corrected chi connectivity index (χ1v) is 8.32. The SMILES string of the molecule is O=C(NC1COCC1n1ncccc1=O)c1nc2ccccc2s1. The number of carbonyl (C=O) groups excluding carboxylic acids is 1. The number of amides is 1. The molecule has 4 rings (SSSR count). The van der Waals surface area contributed by atoms with Crippen molar-refractivity contribution in [2.45, 2.75) is 12.1 Å². The number of ether oxygens (including phenoxy) is 1. The summed E-state index contributed by atoms with van der Waals surface area (Å²) in [7, 11) is 0. The summed E-state index contributed by atoms with van der Waals surface area (Å²) in [5.74, 6) is -0.263. The number of aromatic nitrogens is 3. The second-order valence-corrected chi connectivity index (χ2v) is 6.51. The fourth-order valence-electron chi connectivity index (χ4n) is 2.74. The van der Waals surface area contributed by atoms with Gasteiger partial charge in [0, 0.05) is 12.3 Å². The lowest BCUT2D eigenvalue weighted by Crippen LogP contribution is -2.43. The molecule has 122 valence electrons. The van der Waals surface area contributed by atoms with Crippen molar-refractivity contribution in [2.75, 3.05) is 13.2 Å². The van der Waals surface area contributed by atoms with Crippen molar-refractivity contribution in [3.8, 4) is 0 Å². The van der Waals surface area contributed by atoms with Crippen LogP contribution < -0.4 is 10.9 Å². The topological polar surface area (TPSA) is 86.1 Å². The van der Waals surface area contributed by atoms with E-state index in [-0.39, 0.29) is 23.6 Å². The van der Waals surface area contributed by atoms with Gasteiger partial charge in [0.2, 0.25) is 0 Å². The van der Waals surface area contributed by atoms with Crippen molar-refractivity contribution in [1.29, 1.82) is 0 Å². The van der Waals surface area contributed by atoms with Crippen LogP contribution in [-0.4, -0.2) is 39.9 Å². The Hall–Kier alpha value is -2.58. The molecule has 1 fully saturated rings. The molecule has 1 aromatic carbocycles. The molecule has 0 radical (unpaired) electrons. The minimum Gasteiger partial charge on any atom is -0.377 e. The largest absolute Gasteiger partial charge is 0.377 e. The van der Waals surface area contributed by atoms with Gasteiger partial charge in [-0.3, -0.25) is 9.59 Å². The highest BCUT2D eigenvalue weighted by Crippen LogP contribution is 2.23. The summed E-state index contributed by atoms with van der Waals surface area (Å²) in [6.45, 7) is 0.673. The molecule has 0 aliphatic carbocycles. The summed E-state index contributed by atoms with van der Waals surface area (Å²) in [6, 6.07) is 9.99. The fourth-order valence-corrected chi connectivity index (χ4v) is 3.61. The van der Waals surface area contributed by atoms with Gasteiger partial charge >= 0.3 is 0 Å². The third-order valence-electron chi connectivity index (χ3n) is 3.91. The van der Waals surface area contributed by atoms with Gasteiger partial charge in [0.25, 0.3) is 11.5 Å². The molecule has 2 aromatic heterocycles. The Morgan fingerprint density at radius 3 is 2.96 bits per heavy atom. The molecule has 1 N–H and O–H groups in total. The van der Waals surface area contributed by atoms with Gasteiger partial charge in [0.1, 0.15) is 6.04 Å². The average molecular weight is 342 g/mol. The summed E-state index contributed by atoms with van der Waals surface area (Å²) in [6.07, 6.45) is 1.55. The maximum Gasteiger partial charge on any atom is 0.280 e. The zero-order chi connectivity index (χ0) is 16.5. The molecule has 0 bridgehead atoms. The molecule has 1 aliphatic heterocycles. The standard InChI is InChI=1S/C16H14N4O3S/c21-14-6-3-7-17-20(14)12-9-23-8-11(12)18-15(22)16-19-10-4-1-2-5-13(10)24-16/h1-7,11-12H,8-9H2,(H,18,22). The normalized spacial score (nSPS) is 20.3. The average Bonchev–Trinajstić information content (AvgIpc) is 3.22. The van der Waals surface area contributed by atoms with Crippen LogP contribution >= 0.6 is 11.3 Å². The van der Waals surface area contributed by atoms with Gasteiger partial charge in [0.05, 0.1) is 29.5 Å². The van der Waals surface area contributed by atoms with E-state index in [4.69, 9.17) is 4.74 Å². The molecule has 8 heteroatoms. The van der Waals surface area contributed by atoms with Gasteiger partial charge in [-0.05, 0) is 18.2 Å². The van der Waals surface area contributed by atoms with Crippen LogP contribution in [0, 0.1) is 0 Å². The van der Waals surface area contributed by atoms with E-state index in [1.807, 2.05) is 24.3 Å². The second-order valence-electron chi connectivity index (χ2n) is 5.48. The molecular formula is C16H14N4O3S. The number of thiazole rings is 1. The smallest absolute Gasteiger partial charge is 0.280 e. The first-order valence-electron chi connectivity index (χ1n) is 7.50. The molecule has 0 spiro atoms. The zero-order valence-electron chi connectivity index (χ0n) is 12.6. The number of fused-ring (bicyclic) bond motifs is 1. The fraction of sp³-hybridized carbons (Fsp3) is 0.250. The van der Waals surface area contributed by atoms with Crippen LogP contribution in [0.25, 0.3) is 10.2 Å². The highest BCUT2D eigenvalue weighted by atomic mass is 32.1. The van der Waals surface area contributed by atoms with Crippen molar-refractivity contribution in [2.24, 2.45) is 0 Å². The zero-order valence-corrected chi connectivity index (χ0v) is 13.4. The van der Waals surface area contributed by atoms with Crippen LogP contribution in [0.5, 0.6) is 0 Å². The molecule has 1 aliphatic rings. The van der Waals surface area contributed by atoms with Crippen LogP contribution in [0.4, 0.5) is 0 Å². The van der Waals surface area contributed by atoms with Gasteiger partial charge < -0.3 is 10.1 Å². The van der Waals surface area contributed by atoms with Crippen LogP contribution in [0.15, 0.2) is 47.4 Å². The molecule has 3 heterocycles. The quantitative estimate of drug-likeness (QED) is 0.773. The predicted octanol–water partition coefficient (Wildman–Crippen LogP) is 1.22. The van der Waals surface area contributed by atoms with E-state index < -0.39 is 0 Å². The summed E-state index contributed by atoms with van der Waals surface area (Å²) in [5.41, 5.74) is 0.583. The molecule has 1 amide bonds. The van der Waals surface area contributed by atoms with Crippen molar-refractivity contribution >= 4 is 27.5 Å². The highest BCUT2D eigenvalue weighted by Gasteiger charge is 2.33. The van der Waals surface area contributed by atoms with E-state index >= 15 is 0 Å². The Labute approximate surface area is 140 Å². The minimum atomic E-state index is -0.322. The number of carbonyl (C=O) groups is 1. The minimum absolute atomic E-state index is 0.216. The number of hydrogen-bond donors (Lipinski definition) is 1. The Morgan fingerprint density at radius 2 is 2.12 bits per heavy atom. The van der Waals surface area contributed by atoms with E-state index in [0.717, 1.165) is 10.2 Å². The van der Waals surface area contributed by atoms with Crippen molar-refractivity contribution in [3.63, 3.8) is 0 Å². The number of benzene rings is 1. The van der Waals surface area contributed by atoms with E-state index in [9.17, 15) is 9.59 Å². The van der Waals surface area contributed by atoms with Crippen molar-refractivity contribution in [3.05, 3.63) is 58.0 Å². The lowest BCUT2D eigenvalue weighted by molar-refractivity contribution is 0.0924. The lowest BCUT2D eigenvalue weighted by atomic mass is 10.1. The monoisotopic (exact) mass is 342 g/mol. The molecule has 2 unspecified atom stereocenters. The molecule has 1 saturated heterocycles. The summed E-state index contributed by atoms with van der Waals surface area (Å²) in [4.78, 5) is 28.8. The predicted molar refractivity (Wildman–Crippen MR) is 89.2 cm³/mol. The second kappa shape index (κ2) is 6.14. The van der Waals surface area contributed by atoms with E-state index in [0.29, 0.717) is 18.2 Å². The molecule has 2 atom stereocenters. The van der Waals surface area contributed by atoms with Gasteiger partial charge in [-0.25, -0.2) is 9.67 Å².